The Bertz CT molecular complexity index is 295. The second-order valence-corrected chi connectivity index (χ2v) is 3.57. The normalized spacial score (nSPS) is 10.2. The fourth-order valence-electron chi connectivity index (χ4n) is 0.824. The standard InChI is InChI=1S/C7H12N3OS/c1-6-4-9(3)8-10(6)12-5-7(2)11/h4H,5H2,1-3H3/q+1. The Morgan fingerprint density at radius 1 is 1.83 bits per heavy atom. The van der Waals surface area contributed by atoms with Gasteiger partial charge in [0.1, 0.15) is 18.0 Å². The predicted molar refractivity (Wildman–Crippen MR) is 46.7 cm³/mol. The number of rotatable bonds is 3. The van der Waals surface area contributed by atoms with Crippen LogP contribution in [0.25, 0.3) is 0 Å². The summed E-state index contributed by atoms with van der Waals surface area (Å²) in [6.07, 6.45) is 1.91. The molecule has 0 atom stereocenters. The molecule has 0 N–H and O–H groups in total. The lowest BCUT2D eigenvalue weighted by molar-refractivity contribution is -0.731. The summed E-state index contributed by atoms with van der Waals surface area (Å²) in [7, 11) is 1.86. The summed E-state index contributed by atoms with van der Waals surface area (Å²) in [6.45, 7) is 3.53. The zero-order chi connectivity index (χ0) is 9.14. The summed E-state index contributed by atoms with van der Waals surface area (Å²) in [6, 6.07) is 0. The monoisotopic (exact) mass is 186 g/mol. The largest absolute Gasteiger partial charge is 0.299 e. The molecule has 1 rings (SSSR count). The molecule has 12 heavy (non-hydrogen) atoms. The first kappa shape index (κ1) is 9.25. The number of ketones is 1. The van der Waals surface area contributed by atoms with Crippen LogP contribution in [0.5, 0.6) is 0 Å². The molecule has 0 unspecified atom stereocenters. The van der Waals surface area contributed by atoms with Gasteiger partial charge in [0.05, 0.1) is 17.7 Å². The number of aromatic nitrogens is 3. The summed E-state index contributed by atoms with van der Waals surface area (Å²) < 4.78 is 3.48. The maximum Gasteiger partial charge on any atom is 0.179 e. The van der Waals surface area contributed by atoms with Crippen molar-refractivity contribution in [1.29, 1.82) is 0 Å². The first-order valence-corrected chi connectivity index (χ1v) is 4.59. The van der Waals surface area contributed by atoms with E-state index in [1.54, 1.807) is 15.7 Å². The number of hydrogen-bond donors (Lipinski definition) is 0. The molecule has 1 aromatic heterocycles. The highest BCUT2D eigenvalue weighted by molar-refractivity contribution is 7.98. The first-order chi connectivity index (χ1) is 5.59. The topological polar surface area (TPSA) is 38.8 Å². The van der Waals surface area contributed by atoms with E-state index in [0.717, 1.165) is 5.69 Å². The molecule has 66 valence electrons. The number of carbonyl (C=O) groups is 1. The number of nitrogens with zero attached hydrogens (tertiary/aromatic N) is 3. The smallest absolute Gasteiger partial charge is 0.179 e. The van der Waals surface area contributed by atoms with Gasteiger partial charge in [0.15, 0.2) is 11.9 Å². The van der Waals surface area contributed by atoms with Crippen molar-refractivity contribution in [2.45, 2.75) is 13.8 Å². The molecular formula is C7H12N3OS+. The Labute approximate surface area is 75.7 Å². The molecule has 0 saturated carbocycles. The molecule has 4 nitrogen and oxygen atoms in total. The third-order valence-corrected chi connectivity index (χ3v) is 2.43. The third kappa shape index (κ3) is 2.34. The average molecular weight is 186 g/mol. The van der Waals surface area contributed by atoms with Gasteiger partial charge in [0.25, 0.3) is 0 Å². The van der Waals surface area contributed by atoms with E-state index in [-0.39, 0.29) is 5.78 Å². The van der Waals surface area contributed by atoms with Crippen LogP contribution in [0.3, 0.4) is 0 Å². The summed E-state index contributed by atoms with van der Waals surface area (Å²) in [5, 5.41) is 4.13. The van der Waals surface area contributed by atoms with Crippen LogP contribution in [-0.2, 0) is 11.8 Å². The number of aryl methyl sites for hydroxylation is 2. The van der Waals surface area contributed by atoms with Gasteiger partial charge in [-0.05, 0) is 6.92 Å². The maximum absolute atomic E-state index is 10.7. The van der Waals surface area contributed by atoms with Gasteiger partial charge in [-0.3, -0.25) is 4.79 Å². The minimum absolute atomic E-state index is 0.164. The van der Waals surface area contributed by atoms with Crippen LogP contribution >= 0.6 is 11.9 Å². The van der Waals surface area contributed by atoms with Crippen molar-refractivity contribution in [1.82, 2.24) is 9.30 Å². The van der Waals surface area contributed by atoms with Crippen LogP contribution in [0, 0.1) is 6.92 Å². The summed E-state index contributed by atoms with van der Waals surface area (Å²) in [5.41, 5.74) is 1.05. The molecule has 0 radical (unpaired) electrons. The summed E-state index contributed by atoms with van der Waals surface area (Å²) >= 11 is 1.41. The van der Waals surface area contributed by atoms with Crippen LogP contribution in [0.4, 0.5) is 0 Å². The van der Waals surface area contributed by atoms with E-state index in [2.05, 4.69) is 5.21 Å². The first-order valence-electron chi connectivity index (χ1n) is 3.65. The van der Waals surface area contributed by atoms with Crippen molar-refractivity contribution in [2.24, 2.45) is 7.05 Å². The maximum atomic E-state index is 10.7. The van der Waals surface area contributed by atoms with Crippen LogP contribution < -0.4 is 4.68 Å². The predicted octanol–water partition coefficient (Wildman–Crippen LogP) is 0.101. The Morgan fingerprint density at radius 2 is 2.50 bits per heavy atom. The molecule has 0 spiro atoms. The number of hydrogen-bond acceptors (Lipinski definition) is 3. The molecule has 0 amide bonds. The average Bonchev–Trinajstić information content (AvgIpc) is 2.26. The Hall–Kier alpha value is -0.840. The fraction of sp³-hybridized carbons (Fsp3) is 0.571. The Morgan fingerprint density at radius 3 is 2.92 bits per heavy atom. The number of carbonyl (C=O) groups excluding carboxylic acids is 1. The molecule has 0 bridgehead atoms. The Kier molecular flexibility index (Phi) is 2.86. The molecule has 1 aromatic rings. The molecule has 0 fully saturated rings. The van der Waals surface area contributed by atoms with E-state index in [9.17, 15) is 4.79 Å². The van der Waals surface area contributed by atoms with E-state index < -0.39 is 0 Å². The van der Waals surface area contributed by atoms with Gasteiger partial charge >= 0.3 is 0 Å². The number of Topliss-reactive ketones (excluding diaryl/α,β-unsaturated/α-hetero) is 1. The van der Waals surface area contributed by atoms with Crippen molar-refractivity contribution in [3.8, 4) is 0 Å². The molecule has 0 aromatic carbocycles. The van der Waals surface area contributed by atoms with Gasteiger partial charge in [-0.2, -0.15) is 0 Å². The molecule has 0 aliphatic heterocycles. The van der Waals surface area contributed by atoms with Gasteiger partial charge in [0.2, 0.25) is 0 Å². The highest BCUT2D eigenvalue weighted by Crippen LogP contribution is 2.05. The van der Waals surface area contributed by atoms with E-state index in [4.69, 9.17) is 0 Å². The highest BCUT2D eigenvalue weighted by Gasteiger charge is 2.10. The third-order valence-electron chi connectivity index (χ3n) is 1.29. The minimum atomic E-state index is 0.164. The lowest BCUT2D eigenvalue weighted by atomic mass is 10.5. The molecular weight excluding hydrogens is 174 g/mol. The molecule has 0 aliphatic rings. The summed E-state index contributed by atoms with van der Waals surface area (Å²) in [5.74, 6) is 0.639. The zero-order valence-electron chi connectivity index (χ0n) is 7.44. The van der Waals surface area contributed by atoms with Crippen LogP contribution in [0.1, 0.15) is 12.6 Å². The van der Waals surface area contributed by atoms with Crippen molar-refractivity contribution in [2.75, 3.05) is 5.75 Å². The lowest BCUT2D eigenvalue weighted by Crippen LogP contribution is -2.29. The van der Waals surface area contributed by atoms with Crippen LogP contribution in [0.15, 0.2) is 6.20 Å². The van der Waals surface area contributed by atoms with Crippen molar-refractivity contribution >= 4 is 17.7 Å². The van der Waals surface area contributed by atoms with E-state index in [1.807, 2.05) is 20.2 Å². The van der Waals surface area contributed by atoms with Crippen molar-refractivity contribution in [3.63, 3.8) is 0 Å². The van der Waals surface area contributed by atoms with E-state index in [0.29, 0.717) is 5.75 Å². The van der Waals surface area contributed by atoms with E-state index in [1.165, 1.54) is 11.9 Å². The fourth-order valence-corrected chi connectivity index (χ4v) is 1.55. The SMILES string of the molecule is CC(=O)CSn1n[n+](C)cc1C. The highest BCUT2D eigenvalue weighted by atomic mass is 32.2. The molecule has 0 saturated heterocycles. The lowest BCUT2D eigenvalue weighted by Gasteiger charge is -1.89. The van der Waals surface area contributed by atoms with Crippen LogP contribution in [0.2, 0.25) is 0 Å². The molecule has 5 heteroatoms. The molecule has 1 heterocycles. The van der Waals surface area contributed by atoms with Gasteiger partial charge in [-0.1, -0.05) is 4.09 Å². The second kappa shape index (κ2) is 3.71. The van der Waals surface area contributed by atoms with Crippen LogP contribution in [-0.4, -0.2) is 20.8 Å². The minimum Gasteiger partial charge on any atom is -0.299 e. The summed E-state index contributed by atoms with van der Waals surface area (Å²) in [4.78, 5) is 10.7. The van der Waals surface area contributed by atoms with Crippen molar-refractivity contribution in [3.05, 3.63) is 11.9 Å². The zero-order valence-corrected chi connectivity index (χ0v) is 8.26. The van der Waals surface area contributed by atoms with E-state index >= 15 is 0 Å². The quantitative estimate of drug-likeness (QED) is 0.628. The van der Waals surface area contributed by atoms with Gasteiger partial charge in [-0.25, -0.2) is 0 Å². The van der Waals surface area contributed by atoms with Gasteiger partial charge in [0, 0.05) is 6.92 Å². The Balaban J connectivity index is 2.62. The van der Waals surface area contributed by atoms with Gasteiger partial charge in [-0.15, -0.1) is 4.68 Å². The molecule has 0 aliphatic carbocycles. The van der Waals surface area contributed by atoms with Gasteiger partial charge < -0.3 is 0 Å². The van der Waals surface area contributed by atoms with Crippen molar-refractivity contribution < 1.29 is 9.48 Å². The second-order valence-electron chi connectivity index (χ2n) is 2.68.